The lowest BCUT2D eigenvalue weighted by atomic mass is 9.88. The number of carbonyl (C=O) groups excluding carboxylic acids is 4. The number of pyridine rings is 1. The molecule has 0 radical (unpaired) electrons. The highest BCUT2D eigenvalue weighted by Crippen LogP contribution is 2.46. The van der Waals surface area contributed by atoms with E-state index >= 15 is 0 Å². The number of benzene rings is 2. The van der Waals surface area contributed by atoms with Crippen molar-refractivity contribution in [2.24, 2.45) is 23.5 Å². The highest BCUT2D eigenvalue weighted by molar-refractivity contribution is 7.91. The van der Waals surface area contributed by atoms with Crippen LogP contribution in [0.2, 0.25) is 0 Å². The Balaban J connectivity index is 1.12. The van der Waals surface area contributed by atoms with Crippen molar-refractivity contribution in [3.8, 4) is 22.8 Å². The zero-order chi connectivity index (χ0) is 43.1. The third-order valence-electron chi connectivity index (χ3n) is 13.3. The molecule has 1 unspecified atom stereocenters. The summed E-state index contributed by atoms with van der Waals surface area (Å²) in [6.45, 7) is 5.09. The molecule has 4 amide bonds. The Kier molecular flexibility index (Phi) is 11.9. The number of nitrogens with two attached hydrogens (primary N) is 1. The number of allylic oxidation sites excluding steroid dienone is 1. The molecule has 4 fully saturated rings. The summed E-state index contributed by atoms with van der Waals surface area (Å²) >= 11 is 0. The number of nitrogens with zero attached hydrogens (tertiary/aromatic N) is 3. The van der Waals surface area contributed by atoms with E-state index in [1.165, 1.54) is 4.90 Å². The van der Waals surface area contributed by atoms with Gasteiger partial charge in [-0.1, -0.05) is 55.3 Å². The molecule has 61 heavy (non-hydrogen) atoms. The molecule has 5 aliphatic rings. The summed E-state index contributed by atoms with van der Waals surface area (Å²) in [5.74, 6) is -1.61. The summed E-state index contributed by atoms with van der Waals surface area (Å²) in [6, 6.07) is 16.0. The summed E-state index contributed by atoms with van der Waals surface area (Å²) in [6.07, 6.45) is 8.84. The quantitative estimate of drug-likeness (QED) is 0.238. The average molecular weight is 855 g/mol. The molecular formula is C46H58N6O8S. The van der Waals surface area contributed by atoms with Crippen molar-refractivity contribution in [2.75, 3.05) is 26.7 Å². The van der Waals surface area contributed by atoms with Gasteiger partial charge >= 0.3 is 0 Å². The van der Waals surface area contributed by atoms with E-state index in [9.17, 15) is 27.6 Å². The van der Waals surface area contributed by atoms with E-state index in [0.29, 0.717) is 66.9 Å². The number of likely N-dealkylation sites (tertiary alicyclic amines) is 1. The fourth-order valence-corrected chi connectivity index (χ4v) is 10.6. The Bertz CT molecular complexity index is 2310. The van der Waals surface area contributed by atoms with Gasteiger partial charge in [-0.15, -0.1) is 0 Å². The Morgan fingerprint density at radius 2 is 1.80 bits per heavy atom. The van der Waals surface area contributed by atoms with Gasteiger partial charge in [-0.05, 0) is 76.8 Å². The second kappa shape index (κ2) is 17.0. The van der Waals surface area contributed by atoms with Crippen molar-refractivity contribution < 1.29 is 37.1 Å². The van der Waals surface area contributed by atoms with Crippen molar-refractivity contribution in [2.45, 2.75) is 113 Å². The van der Waals surface area contributed by atoms with Crippen molar-refractivity contribution in [1.82, 2.24) is 24.8 Å². The minimum atomic E-state index is -3.90. The largest absolute Gasteiger partial charge is 0.497 e. The van der Waals surface area contributed by atoms with E-state index in [4.69, 9.17) is 20.2 Å². The highest BCUT2D eigenvalue weighted by Gasteiger charge is 2.62. The molecule has 2 saturated heterocycles. The van der Waals surface area contributed by atoms with Gasteiger partial charge in [-0.2, -0.15) is 0 Å². The van der Waals surface area contributed by atoms with Crippen LogP contribution in [0.5, 0.6) is 11.5 Å². The van der Waals surface area contributed by atoms with Gasteiger partial charge in [0.1, 0.15) is 29.2 Å². The van der Waals surface area contributed by atoms with Crippen LogP contribution in [0.15, 0.2) is 66.7 Å². The van der Waals surface area contributed by atoms with Crippen LogP contribution in [0.3, 0.4) is 0 Å². The predicted molar refractivity (Wildman–Crippen MR) is 231 cm³/mol. The summed E-state index contributed by atoms with van der Waals surface area (Å²) < 4.78 is 40.5. The average Bonchev–Trinajstić information content (AvgIpc) is 4.11. The van der Waals surface area contributed by atoms with Gasteiger partial charge in [-0.25, -0.2) is 13.4 Å². The van der Waals surface area contributed by atoms with Crippen LogP contribution < -0.4 is 25.2 Å². The zero-order valence-corrected chi connectivity index (χ0v) is 36.1. The molecule has 3 aliphatic heterocycles. The minimum absolute atomic E-state index is 0.00246. The summed E-state index contributed by atoms with van der Waals surface area (Å²) in [4.78, 5) is 65.8. The second-order valence-corrected chi connectivity index (χ2v) is 20.3. The first-order valence-electron chi connectivity index (χ1n) is 21.8. The third kappa shape index (κ3) is 9.28. The predicted octanol–water partition coefficient (Wildman–Crippen LogP) is 4.85. The van der Waals surface area contributed by atoms with Crippen molar-refractivity contribution in [3.63, 3.8) is 0 Å². The number of ether oxygens (including phenoxy) is 2. The van der Waals surface area contributed by atoms with E-state index in [2.05, 4.69) is 10.0 Å². The number of hydrogen-bond donors (Lipinski definition) is 3. The third-order valence-corrected chi connectivity index (χ3v) is 15.1. The minimum Gasteiger partial charge on any atom is -0.497 e. The number of nitrogens with one attached hydrogen (secondary N) is 2. The molecule has 6 atom stereocenters. The summed E-state index contributed by atoms with van der Waals surface area (Å²) in [7, 11) is -2.31. The molecule has 0 bridgehead atoms. The van der Waals surface area contributed by atoms with Crippen LogP contribution in [-0.2, 0) is 29.2 Å². The Hall–Kier alpha value is -5.02. The monoisotopic (exact) mass is 854 g/mol. The van der Waals surface area contributed by atoms with Crippen molar-refractivity contribution in [3.05, 3.63) is 66.7 Å². The lowest BCUT2D eigenvalue weighted by molar-refractivity contribution is -0.145. The van der Waals surface area contributed by atoms with Gasteiger partial charge in [0.2, 0.25) is 27.7 Å². The molecular weight excluding hydrogens is 797 g/mol. The van der Waals surface area contributed by atoms with Crippen LogP contribution in [-0.4, -0.2) is 102 Å². The van der Waals surface area contributed by atoms with E-state index in [-0.39, 0.29) is 43.5 Å². The summed E-state index contributed by atoms with van der Waals surface area (Å²) in [5.41, 5.74) is 6.67. The molecule has 2 aromatic carbocycles. The number of rotatable bonds is 10. The van der Waals surface area contributed by atoms with Crippen LogP contribution in [0.4, 0.5) is 0 Å². The molecule has 14 nitrogen and oxygen atoms in total. The summed E-state index contributed by atoms with van der Waals surface area (Å²) in [5, 5.41) is 3.05. The smallest absolute Gasteiger partial charge is 0.259 e. The van der Waals surface area contributed by atoms with Gasteiger partial charge in [0.05, 0.1) is 30.1 Å². The van der Waals surface area contributed by atoms with E-state index in [0.717, 1.165) is 31.2 Å². The second-order valence-electron chi connectivity index (χ2n) is 18.3. The first-order chi connectivity index (χ1) is 29.1. The topological polar surface area (TPSA) is 190 Å². The first-order valence-corrected chi connectivity index (χ1v) is 23.3. The van der Waals surface area contributed by atoms with Gasteiger partial charge in [0.15, 0.2) is 0 Å². The highest BCUT2D eigenvalue weighted by atomic mass is 32.2. The number of amides is 4. The SMILES string of the molecule is COc1ccc2c(O[C@@H]3C[C@H]4C(=O)N[C@]5(C(=O)NS(=O)(=O)C6CC6)CC5C=CCCCCC[C@H](CC(=O)N5CC[C@@H](C(C)(C)N)C5)C(=O)N4C3)cc(-c3ccccc3)nc2c1. The van der Waals surface area contributed by atoms with Crippen LogP contribution >= 0.6 is 0 Å². The normalized spacial score (nSPS) is 27.4. The molecule has 3 aromatic rings. The zero-order valence-electron chi connectivity index (χ0n) is 35.3. The molecule has 0 spiro atoms. The molecule has 2 saturated carbocycles. The molecule has 326 valence electrons. The number of hydrogen-bond acceptors (Lipinski definition) is 10. The number of methoxy groups -OCH3 is 1. The van der Waals surface area contributed by atoms with Crippen LogP contribution in [0, 0.1) is 17.8 Å². The number of fused-ring (bicyclic) bond motifs is 3. The van der Waals surface area contributed by atoms with Gasteiger partial charge in [0, 0.05) is 66.4 Å². The molecule has 4 heterocycles. The molecule has 8 rings (SSSR count). The standard InChI is InChI=1S/C46H58N6O8S/c1-45(2,47)32-20-21-51(27-32)41(53)22-30-14-8-5-4-6-11-15-31-26-46(31,44(56)50-61(57,58)35-17-18-35)49-42(54)39-24-34(28-52(39)43(30)55)60-40-25-37(29-12-9-7-10-13-29)48-38-23-33(59-3)16-19-36(38)40/h7,9-13,15-16,19,23,25,30-32,34-35,39H,4-6,8,14,17-18,20-22,24,26-28,47H2,1-3H3,(H,49,54)(H,50,56)/t30-,31?,32-,34-,39+,46-/m1/s1. The fraction of sp³-hybridized carbons (Fsp3) is 0.543. The molecule has 15 heteroatoms. The molecule has 2 aliphatic carbocycles. The Morgan fingerprint density at radius 3 is 2.52 bits per heavy atom. The fourth-order valence-electron chi connectivity index (χ4n) is 9.25. The van der Waals surface area contributed by atoms with Crippen LogP contribution in [0.1, 0.15) is 84.5 Å². The number of aromatic nitrogens is 1. The lowest BCUT2D eigenvalue weighted by Crippen LogP contribution is -2.57. The Morgan fingerprint density at radius 1 is 1.02 bits per heavy atom. The van der Waals surface area contributed by atoms with E-state index < -0.39 is 62.1 Å². The van der Waals surface area contributed by atoms with Gasteiger partial charge in [-0.3, -0.25) is 23.9 Å². The van der Waals surface area contributed by atoms with Gasteiger partial charge < -0.3 is 30.3 Å². The lowest BCUT2D eigenvalue weighted by Gasteiger charge is -2.30. The number of carbonyl (C=O) groups is 4. The maximum Gasteiger partial charge on any atom is 0.259 e. The van der Waals surface area contributed by atoms with Crippen LogP contribution in [0.25, 0.3) is 22.2 Å². The van der Waals surface area contributed by atoms with Crippen molar-refractivity contribution in [1.29, 1.82) is 0 Å². The number of sulfonamides is 1. The first kappa shape index (κ1) is 42.7. The maximum absolute atomic E-state index is 15.0. The van der Waals surface area contributed by atoms with Crippen molar-refractivity contribution >= 4 is 44.6 Å². The van der Waals surface area contributed by atoms with E-state index in [1.807, 2.05) is 85.5 Å². The maximum atomic E-state index is 15.0. The molecule has 4 N–H and O–H groups in total. The Labute approximate surface area is 358 Å². The van der Waals surface area contributed by atoms with Gasteiger partial charge in [0.25, 0.3) is 5.91 Å². The molecule has 1 aromatic heterocycles. The van der Waals surface area contributed by atoms with E-state index in [1.54, 1.807) is 7.11 Å².